The van der Waals surface area contributed by atoms with E-state index in [1.807, 2.05) is 0 Å². The average Bonchev–Trinajstić information content (AvgIpc) is 2.84. The minimum absolute atomic E-state index is 0.503. The summed E-state index contributed by atoms with van der Waals surface area (Å²) in [6.07, 6.45) is 3.78. The van der Waals surface area contributed by atoms with Gasteiger partial charge in [0.15, 0.2) is 0 Å². The van der Waals surface area contributed by atoms with E-state index in [-0.39, 0.29) is 0 Å². The molecule has 1 aliphatic carbocycles. The molecule has 0 radical (unpaired) electrons. The standard InChI is InChI=1S/C14H20N2S/c15-16-14(11-5-6-17-9-11)8-12-7-10-3-1-2-4-13(10)12/h1-4,11-12,14,16H,5-9,15H2. The third-order valence-electron chi connectivity index (χ3n) is 4.25. The van der Waals surface area contributed by atoms with Gasteiger partial charge in [0, 0.05) is 6.04 Å². The van der Waals surface area contributed by atoms with Gasteiger partial charge in [0.05, 0.1) is 0 Å². The van der Waals surface area contributed by atoms with Crippen molar-refractivity contribution in [3.05, 3.63) is 35.4 Å². The summed E-state index contributed by atoms with van der Waals surface area (Å²) >= 11 is 2.07. The monoisotopic (exact) mass is 248 g/mol. The van der Waals surface area contributed by atoms with Gasteiger partial charge in [-0.1, -0.05) is 24.3 Å². The lowest BCUT2D eigenvalue weighted by Gasteiger charge is -2.34. The molecule has 1 saturated heterocycles. The number of hydrogen-bond acceptors (Lipinski definition) is 3. The smallest absolute Gasteiger partial charge is 0.0252 e. The molecule has 2 nitrogen and oxygen atoms in total. The SMILES string of the molecule is NNC(CC1Cc2ccccc21)C1CCSC1. The van der Waals surface area contributed by atoms with Crippen LogP contribution in [0.5, 0.6) is 0 Å². The van der Waals surface area contributed by atoms with E-state index in [4.69, 9.17) is 5.84 Å². The number of rotatable bonds is 4. The van der Waals surface area contributed by atoms with Crippen LogP contribution >= 0.6 is 11.8 Å². The summed E-state index contributed by atoms with van der Waals surface area (Å²) in [5, 5.41) is 0. The summed E-state index contributed by atoms with van der Waals surface area (Å²) in [6, 6.07) is 9.33. The molecule has 3 atom stereocenters. The van der Waals surface area contributed by atoms with Gasteiger partial charge in [-0.25, -0.2) is 0 Å². The first-order chi connectivity index (χ1) is 8.38. The first-order valence-electron chi connectivity index (χ1n) is 6.50. The fourth-order valence-corrected chi connectivity index (χ4v) is 4.48. The molecule has 1 aromatic rings. The highest BCUT2D eigenvalue weighted by Gasteiger charge is 2.32. The van der Waals surface area contributed by atoms with Crippen molar-refractivity contribution in [2.75, 3.05) is 11.5 Å². The topological polar surface area (TPSA) is 38.0 Å². The quantitative estimate of drug-likeness (QED) is 0.634. The van der Waals surface area contributed by atoms with E-state index in [0.29, 0.717) is 6.04 Å². The largest absolute Gasteiger partial charge is 0.271 e. The molecule has 3 rings (SSSR count). The molecule has 17 heavy (non-hydrogen) atoms. The van der Waals surface area contributed by atoms with Crippen molar-refractivity contribution in [2.45, 2.75) is 31.2 Å². The van der Waals surface area contributed by atoms with Crippen molar-refractivity contribution in [3.8, 4) is 0 Å². The minimum Gasteiger partial charge on any atom is -0.271 e. The van der Waals surface area contributed by atoms with Gasteiger partial charge in [0.1, 0.15) is 0 Å². The van der Waals surface area contributed by atoms with Gasteiger partial charge in [0.25, 0.3) is 0 Å². The Bertz CT molecular complexity index is 388. The van der Waals surface area contributed by atoms with E-state index in [1.54, 1.807) is 5.56 Å². The molecule has 1 heterocycles. The van der Waals surface area contributed by atoms with Crippen molar-refractivity contribution >= 4 is 11.8 Å². The molecule has 3 heteroatoms. The van der Waals surface area contributed by atoms with E-state index in [9.17, 15) is 0 Å². The fourth-order valence-electron chi connectivity index (χ4n) is 3.15. The number of hydrazine groups is 1. The number of fused-ring (bicyclic) bond motifs is 1. The second-order valence-electron chi connectivity index (χ2n) is 5.23. The van der Waals surface area contributed by atoms with Crippen LogP contribution in [0.4, 0.5) is 0 Å². The van der Waals surface area contributed by atoms with Crippen LogP contribution in [-0.2, 0) is 6.42 Å². The molecule has 0 aromatic heterocycles. The minimum atomic E-state index is 0.503. The highest BCUT2D eigenvalue weighted by atomic mass is 32.2. The van der Waals surface area contributed by atoms with Crippen molar-refractivity contribution in [3.63, 3.8) is 0 Å². The molecule has 0 bridgehead atoms. The molecule has 92 valence electrons. The summed E-state index contributed by atoms with van der Waals surface area (Å²) in [6.45, 7) is 0. The molecule has 2 aliphatic rings. The van der Waals surface area contributed by atoms with Crippen LogP contribution in [0, 0.1) is 5.92 Å². The third-order valence-corrected chi connectivity index (χ3v) is 5.44. The second-order valence-corrected chi connectivity index (χ2v) is 6.38. The summed E-state index contributed by atoms with van der Waals surface area (Å²) in [5.41, 5.74) is 6.15. The van der Waals surface area contributed by atoms with Crippen LogP contribution < -0.4 is 11.3 Å². The molecular weight excluding hydrogens is 228 g/mol. The zero-order valence-corrected chi connectivity index (χ0v) is 10.9. The Morgan fingerprint density at radius 2 is 2.29 bits per heavy atom. The first kappa shape index (κ1) is 11.6. The van der Waals surface area contributed by atoms with Crippen LogP contribution in [-0.4, -0.2) is 17.5 Å². The number of nitrogens with one attached hydrogen (secondary N) is 1. The van der Waals surface area contributed by atoms with E-state index in [1.165, 1.54) is 36.3 Å². The van der Waals surface area contributed by atoms with Crippen molar-refractivity contribution in [2.24, 2.45) is 11.8 Å². The highest BCUT2D eigenvalue weighted by Crippen LogP contribution is 2.40. The van der Waals surface area contributed by atoms with Gasteiger partial charge in [-0.2, -0.15) is 11.8 Å². The van der Waals surface area contributed by atoms with Crippen molar-refractivity contribution in [1.29, 1.82) is 0 Å². The lowest BCUT2D eigenvalue weighted by Crippen LogP contribution is -2.43. The summed E-state index contributed by atoms with van der Waals surface area (Å²) in [7, 11) is 0. The zero-order valence-electron chi connectivity index (χ0n) is 10.1. The maximum Gasteiger partial charge on any atom is 0.0252 e. The van der Waals surface area contributed by atoms with Gasteiger partial charge in [-0.3, -0.25) is 11.3 Å². The van der Waals surface area contributed by atoms with Crippen LogP contribution in [0.2, 0.25) is 0 Å². The van der Waals surface area contributed by atoms with E-state index < -0.39 is 0 Å². The summed E-state index contributed by atoms with van der Waals surface area (Å²) < 4.78 is 0. The van der Waals surface area contributed by atoms with E-state index in [0.717, 1.165) is 11.8 Å². The van der Waals surface area contributed by atoms with Gasteiger partial charge in [-0.15, -0.1) is 0 Å². The molecule has 1 aliphatic heterocycles. The van der Waals surface area contributed by atoms with Crippen LogP contribution in [0.15, 0.2) is 24.3 Å². The predicted octanol–water partition coefficient (Wildman–Crippen LogP) is 2.30. The maximum absolute atomic E-state index is 5.74. The number of hydrogen-bond donors (Lipinski definition) is 2. The number of benzene rings is 1. The van der Waals surface area contributed by atoms with Gasteiger partial charge >= 0.3 is 0 Å². The van der Waals surface area contributed by atoms with E-state index >= 15 is 0 Å². The van der Waals surface area contributed by atoms with Crippen molar-refractivity contribution < 1.29 is 0 Å². The Kier molecular flexibility index (Phi) is 3.41. The fraction of sp³-hybridized carbons (Fsp3) is 0.571. The van der Waals surface area contributed by atoms with E-state index in [2.05, 4.69) is 41.5 Å². The van der Waals surface area contributed by atoms with Crippen LogP contribution in [0.25, 0.3) is 0 Å². The molecule has 3 N–H and O–H groups in total. The van der Waals surface area contributed by atoms with Gasteiger partial charge < -0.3 is 0 Å². The van der Waals surface area contributed by atoms with Gasteiger partial charge in [-0.05, 0) is 53.7 Å². The zero-order chi connectivity index (χ0) is 11.7. The molecule has 0 saturated carbocycles. The normalized spacial score (nSPS) is 28.5. The number of nitrogens with two attached hydrogens (primary N) is 1. The third kappa shape index (κ3) is 2.24. The molecule has 0 spiro atoms. The number of thioether (sulfide) groups is 1. The lowest BCUT2D eigenvalue weighted by atomic mass is 9.73. The first-order valence-corrected chi connectivity index (χ1v) is 7.65. The molecule has 0 amide bonds. The Morgan fingerprint density at radius 3 is 3.00 bits per heavy atom. The summed E-state index contributed by atoms with van der Waals surface area (Å²) in [5.74, 6) is 9.84. The lowest BCUT2D eigenvalue weighted by molar-refractivity contribution is 0.333. The van der Waals surface area contributed by atoms with Gasteiger partial charge in [0.2, 0.25) is 0 Å². The highest BCUT2D eigenvalue weighted by molar-refractivity contribution is 7.99. The Balaban J connectivity index is 1.63. The average molecular weight is 248 g/mol. The van der Waals surface area contributed by atoms with Crippen LogP contribution in [0.1, 0.15) is 29.9 Å². The Morgan fingerprint density at radius 1 is 1.41 bits per heavy atom. The Labute approximate surface area is 107 Å². The molecule has 1 fully saturated rings. The molecule has 1 aromatic carbocycles. The van der Waals surface area contributed by atoms with Crippen molar-refractivity contribution in [1.82, 2.24) is 5.43 Å². The second kappa shape index (κ2) is 5.01. The van der Waals surface area contributed by atoms with Crippen LogP contribution in [0.3, 0.4) is 0 Å². The molecule has 3 unspecified atom stereocenters. The molecular formula is C14H20N2S. The maximum atomic E-state index is 5.74. The summed E-state index contributed by atoms with van der Waals surface area (Å²) in [4.78, 5) is 0. The Hall–Kier alpha value is -0.510. The predicted molar refractivity (Wildman–Crippen MR) is 74.0 cm³/mol.